The van der Waals surface area contributed by atoms with E-state index in [-0.39, 0.29) is 11.5 Å². The predicted molar refractivity (Wildman–Crippen MR) is 61.3 cm³/mol. The summed E-state index contributed by atoms with van der Waals surface area (Å²) in [5.74, 6) is 4.59. The Hall–Kier alpha value is -1.52. The minimum atomic E-state index is -4.42. The van der Waals surface area contributed by atoms with Gasteiger partial charge in [-0.05, 0) is 12.1 Å². The molecule has 1 aromatic rings. The van der Waals surface area contributed by atoms with Crippen LogP contribution in [-0.4, -0.2) is 30.3 Å². The first-order chi connectivity index (χ1) is 8.42. The Kier molecular flexibility index (Phi) is 5.19. The van der Waals surface area contributed by atoms with Gasteiger partial charge in [-0.25, -0.2) is 0 Å². The summed E-state index contributed by atoms with van der Waals surface area (Å²) in [6, 6.07) is 2.97. The van der Waals surface area contributed by atoms with E-state index in [1.807, 2.05) is 0 Å². The number of aliphatic hydroxyl groups excluding tert-OH is 1. The molecule has 1 heterocycles. The number of aliphatic hydroxyl groups is 1. The molecule has 0 unspecified atom stereocenters. The maximum atomic E-state index is 11.9. The van der Waals surface area contributed by atoms with Crippen molar-refractivity contribution in [3.8, 4) is 11.8 Å². The van der Waals surface area contributed by atoms with Gasteiger partial charge in [-0.3, -0.25) is 4.79 Å². The van der Waals surface area contributed by atoms with Crippen molar-refractivity contribution in [3.05, 3.63) is 21.9 Å². The second kappa shape index (κ2) is 6.42. The molecule has 0 spiro atoms. The van der Waals surface area contributed by atoms with E-state index in [4.69, 9.17) is 5.11 Å². The lowest BCUT2D eigenvalue weighted by molar-refractivity contribution is -0.123. The van der Waals surface area contributed by atoms with E-state index in [1.165, 1.54) is 6.07 Å². The Morgan fingerprint density at radius 2 is 2.17 bits per heavy atom. The highest BCUT2D eigenvalue weighted by molar-refractivity contribution is 7.14. The van der Waals surface area contributed by atoms with Gasteiger partial charge < -0.3 is 10.4 Å². The number of hydrogen-bond acceptors (Lipinski definition) is 3. The van der Waals surface area contributed by atoms with Gasteiger partial charge in [-0.15, -0.1) is 11.3 Å². The van der Waals surface area contributed by atoms with E-state index >= 15 is 0 Å². The van der Waals surface area contributed by atoms with Crippen LogP contribution in [-0.2, 0) is 0 Å². The molecule has 0 aliphatic rings. The molecule has 2 N–H and O–H groups in total. The van der Waals surface area contributed by atoms with Crippen LogP contribution in [0.5, 0.6) is 0 Å². The third kappa shape index (κ3) is 5.21. The molecule has 3 nitrogen and oxygen atoms in total. The first-order valence-electron chi connectivity index (χ1n) is 4.97. The highest BCUT2D eigenvalue weighted by Gasteiger charge is 2.28. The van der Waals surface area contributed by atoms with Gasteiger partial charge in [0.2, 0.25) is 0 Å². The van der Waals surface area contributed by atoms with Crippen LogP contribution in [0.3, 0.4) is 0 Å². The van der Waals surface area contributed by atoms with Crippen molar-refractivity contribution in [2.45, 2.75) is 12.6 Å². The van der Waals surface area contributed by atoms with Crippen molar-refractivity contribution in [1.82, 2.24) is 5.32 Å². The summed E-state index contributed by atoms with van der Waals surface area (Å²) in [6.07, 6.45) is -4.11. The highest BCUT2D eigenvalue weighted by atomic mass is 32.1. The molecule has 0 aliphatic heterocycles. The smallest absolute Gasteiger partial charge is 0.395 e. The van der Waals surface area contributed by atoms with Crippen molar-refractivity contribution >= 4 is 17.2 Å². The van der Waals surface area contributed by atoms with Crippen LogP contribution in [0, 0.1) is 11.8 Å². The lowest BCUT2D eigenvalue weighted by Gasteiger charge is -2.06. The van der Waals surface area contributed by atoms with E-state index in [0.717, 1.165) is 11.3 Å². The predicted octanol–water partition coefficient (Wildman–Crippen LogP) is 1.77. The molecule has 1 amide bonds. The molecule has 0 saturated carbocycles. The summed E-state index contributed by atoms with van der Waals surface area (Å²) in [4.78, 5) is 12.1. The van der Waals surface area contributed by atoms with Crippen LogP contribution in [0.2, 0.25) is 0 Å². The molecule has 0 atom stereocenters. The van der Waals surface area contributed by atoms with Crippen molar-refractivity contribution in [3.63, 3.8) is 0 Å². The maximum absolute atomic E-state index is 11.9. The molecule has 0 bridgehead atoms. The lowest BCUT2D eigenvalue weighted by atomic mass is 10.4. The van der Waals surface area contributed by atoms with Crippen molar-refractivity contribution < 1.29 is 23.1 Å². The van der Waals surface area contributed by atoms with Crippen LogP contribution in [0.1, 0.15) is 21.0 Å². The number of thiophene rings is 1. The van der Waals surface area contributed by atoms with Crippen LogP contribution < -0.4 is 5.32 Å². The number of carbonyl (C=O) groups excluding carboxylic acids is 1. The van der Waals surface area contributed by atoms with Crippen LogP contribution in [0.4, 0.5) is 13.2 Å². The van der Waals surface area contributed by atoms with Gasteiger partial charge in [0.25, 0.3) is 5.91 Å². The third-order valence-corrected chi connectivity index (χ3v) is 2.73. The summed E-state index contributed by atoms with van der Waals surface area (Å²) in [6.45, 7) is -1.41. The quantitative estimate of drug-likeness (QED) is 0.827. The van der Waals surface area contributed by atoms with Gasteiger partial charge in [-0.2, -0.15) is 13.2 Å². The zero-order valence-corrected chi connectivity index (χ0v) is 9.99. The normalized spacial score (nSPS) is 10.7. The number of nitrogens with one attached hydrogen (secondary N) is 1. The monoisotopic (exact) mass is 277 g/mol. The summed E-state index contributed by atoms with van der Waals surface area (Å²) in [7, 11) is 0. The van der Waals surface area contributed by atoms with E-state index in [2.05, 4.69) is 11.8 Å². The fourth-order valence-corrected chi connectivity index (χ4v) is 1.80. The minimum absolute atomic E-state index is 0.0582. The Morgan fingerprint density at radius 3 is 2.78 bits per heavy atom. The zero-order valence-electron chi connectivity index (χ0n) is 9.17. The highest BCUT2D eigenvalue weighted by Crippen LogP contribution is 2.17. The number of amides is 1. The fraction of sp³-hybridized carbons (Fsp3) is 0.364. The molecular weight excluding hydrogens is 267 g/mol. The molecule has 0 radical (unpaired) electrons. The molecule has 0 aliphatic carbocycles. The summed E-state index contributed by atoms with van der Waals surface area (Å²) in [5.41, 5.74) is 0. The van der Waals surface area contributed by atoms with Crippen molar-refractivity contribution in [2.75, 3.05) is 13.2 Å². The number of halogens is 3. The molecular formula is C11H10F3NO2S. The second-order valence-corrected chi connectivity index (χ2v) is 4.32. The standard InChI is InChI=1S/C11H10F3NO2S/c12-11(13,14)7-15-10(17)9-5-4-8(18-9)3-1-2-6-16/h4-5,16H,2,6-7H2,(H,15,17). The molecule has 1 aromatic heterocycles. The maximum Gasteiger partial charge on any atom is 0.405 e. The van der Waals surface area contributed by atoms with Crippen LogP contribution >= 0.6 is 11.3 Å². The minimum Gasteiger partial charge on any atom is -0.395 e. The van der Waals surface area contributed by atoms with E-state index in [9.17, 15) is 18.0 Å². The largest absolute Gasteiger partial charge is 0.405 e. The SMILES string of the molecule is O=C(NCC(F)(F)F)c1ccc(C#CCCO)s1. The molecule has 18 heavy (non-hydrogen) atoms. The Morgan fingerprint density at radius 1 is 1.44 bits per heavy atom. The zero-order chi connectivity index (χ0) is 13.6. The second-order valence-electron chi connectivity index (χ2n) is 3.24. The van der Waals surface area contributed by atoms with Crippen molar-refractivity contribution in [2.24, 2.45) is 0 Å². The third-order valence-electron chi connectivity index (χ3n) is 1.73. The van der Waals surface area contributed by atoms with Gasteiger partial charge in [0, 0.05) is 6.42 Å². The van der Waals surface area contributed by atoms with Gasteiger partial charge >= 0.3 is 6.18 Å². The molecule has 7 heteroatoms. The number of hydrogen-bond donors (Lipinski definition) is 2. The Balaban J connectivity index is 2.58. The van der Waals surface area contributed by atoms with Crippen LogP contribution in [0.15, 0.2) is 12.1 Å². The molecule has 0 saturated heterocycles. The summed E-state index contributed by atoms with van der Waals surface area (Å²) >= 11 is 1.01. The molecule has 98 valence electrons. The topological polar surface area (TPSA) is 49.3 Å². The average molecular weight is 277 g/mol. The Bertz CT molecular complexity index is 471. The van der Waals surface area contributed by atoms with E-state index in [0.29, 0.717) is 11.3 Å². The van der Waals surface area contributed by atoms with Gasteiger partial charge in [0.05, 0.1) is 16.4 Å². The number of rotatable bonds is 3. The fourth-order valence-electron chi connectivity index (χ4n) is 1.00. The molecule has 0 aromatic carbocycles. The Labute approximate surface area is 106 Å². The van der Waals surface area contributed by atoms with E-state index in [1.54, 1.807) is 11.4 Å². The summed E-state index contributed by atoms with van der Waals surface area (Å²) < 4.78 is 35.7. The average Bonchev–Trinajstić information content (AvgIpc) is 2.74. The van der Waals surface area contributed by atoms with Gasteiger partial charge in [0.1, 0.15) is 6.54 Å². The summed E-state index contributed by atoms with van der Waals surface area (Å²) in [5, 5.41) is 10.3. The first kappa shape index (κ1) is 14.5. The lowest BCUT2D eigenvalue weighted by Crippen LogP contribution is -2.33. The van der Waals surface area contributed by atoms with E-state index < -0.39 is 18.6 Å². The van der Waals surface area contributed by atoms with Crippen LogP contribution in [0.25, 0.3) is 0 Å². The first-order valence-corrected chi connectivity index (χ1v) is 5.78. The van der Waals surface area contributed by atoms with Crippen molar-refractivity contribution in [1.29, 1.82) is 0 Å². The molecule has 0 fully saturated rings. The van der Waals surface area contributed by atoms with Gasteiger partial charge in [-0.1, -0.05) is 11.8 Å². The molecule has 1 rings (SSSR count). The number of carbonyl (C=O) groups is 1. The number of alkyl halides is 3. The van der Waals surface area contributed by atoms with Gasteiger partial charge in [0.15, 0.2) is 0 Å².